The number of hydrogen-bond donors (Lipinski definition) is 2. The number of nitrogens with two attached hydrogens (primary N) is 1. The molecule has 1 atom stereocenters. The van der Waals surface area contributed by atoms with Crippen molar-refractivity contribution < 1.29 is 28.3 Å². The summed E-state index contributed by atoms with van der Waals surface area (Å²) in [5.41, 5.74) is 7.88. The smallest absolute Gasteiger partial charge is 0.342 e. The van der Waals surface area contributed by atoms with Crippen molar-refractivity contribution in [1.29, 1.82) is 0 Å². The predicted molar refractivity (Wildman–Crippen MR) is 118 cm³/mol. The standard InChI is InChI=1S/C23H27N3O6/c1-5-14-9-7-8-12(3)19(14)26-11-15(10-16(26)27)21(29)25-22-18(20(24)28)17(13(4)32-22)23(30)31-6-2/h7-9,15H,5-6,10-11H2,1-4H3,(H2,24,28)(H,25,29). The predicted octanol–water partition coefficient (Wildman–Crippen LogP) is 2.73. The Labute approximate surface area is 185 Å². The summed E-state index contributed by atoms with van der Waals surface area (Å²) in [6, 6.07) is 5.83. The van der Waals surface area contributed by atoms with Crippen LogP contribution in [0.25, 0.3) is 0 Å². The molecular weight excluding hydrogens is 414 g/mol. The number of anilines is 2. The first-order valence-corrected chi connectivity index (χ1v) is 10.5. The summed E-state index contributed by atoms with van der Waals surface area (Å²) in [5.74, 6) is -3.15. The largest absolute Gasteiger partial charge is 0.462 e. The van der Waals surface area contributed by atoms with Crippen LogP contribution in [0.3, 0.4) is 0 Å². The van der Waals surface area contributed by atoms with E-state index in [0.29, 0.717) is 0 Å². The van der Waals surface area contributed by atoms with Crippen LogP contribution in [0.4, 0.5) is 11.6 Å². The molecular formula is C23H27N3O6. The van der Waals surface area contributed by atoms with E-state index in [2.05, 4.69) is 5.32 Å². The molecule has 1 aromatic carbocycles. The summed E-state index contributed by atoms with van der Waals surface area (Å²) in [5, 5.41) is 2.53. The van der Waals surface area contributed by atoms with Crippen molar-refractivity contribution in [2.75, 3.05) is 23.4 Å². The average molecular weight is 441 g/mol. The second kappa shape index (κ2) is 9.25. The Morgan fingerprint density at radius 2 is 1.94 bits per heavy atom. The molecule has 1 aromatic heterocycles. The Morgan fingerprint density at radius 3 is 2.56 bits per heavy atom. The molecule has 3 N–H and O–H groups in total. The zero-order chi connectivity index (χ0) is 23.6. The van der Waals surface area contributed by atoms with Gasteiger partial charge in [-0.25, -0.2) is 4.79 Å². The van der Waals surface area contributed by atoms with E-state index in [-0.39, 0.29) is 48.3 Å². The monoisotopic (exact) mass is 441 g/mol. The lowest BCUT2D eigenvalue weighted by molar-refractivity contribution is -0.122. The number of esters is 1. The lowest BCUT2D eigenvalue weighted by Gasteiger charge is -2.22. The number of nitrogens with one attached hydrogen (secondary N) is 1. The van der Waals surface area contributed by atoms with Crippen LogP contribution in [0.15, 0.2) is 22.6 Å². The van der Waals surface area contributed by atoms with Gasteiger partial charge in [0.15, 0.2) is 0 Å². The first-order chi connectivity index (χ1) is 15.2. The average Bonchev–Trinajstić information content (AvgIpc) is 3.27. The molecule has 0 aliphatic carbocycles. The van der Waals surface area contributed by atoms with Crippen LogP contribution in [0, 0.1) is 19.8 Å². The summed E-state index contributed by atoms with van der Waals surface area (Å²) in [6.45, 7) is 7.33. The van der Waals surface area contributed by atoms with E-state index in [9.17, 15) is 19.2 Å². The van der Waals surface area contributed by atoms with Crippen molar-refractivity contribution in [3.8, 4) is 0 Å². The van der Waals surface area contributed by atoms with E-state index in [4.69, 9.17) is 14.9 Å². The first kappa shape index (κ1) is 23.1. The second-order valence-corrected chi connectivity index (χ2v) is 7.65. The number of aryl methyl sites for hydroxylation is 3. The molecule has 3 amide bonds. The number of rotatable bonds is 7. The fraction of sp³-hybridized carbons (Fsp3) is 0.391. The van der Waals surface area contributed by atoms with Gasteiger partial charge in [-0.15, -0.1) is 0 Å². The number of carbonyl (C=O) groups excluding carboxylic acids is 4. The molecule has 1 fully saturated rings. The van der Waals surface area contributed by atoms with Crippen molar-refractivity contribution in [3.05, 3.63) is 46.2 Å². The lowest BCUT2D eigenvalue weighted by atomic mass is 10.0. The van der Waals surface area contributed by atoms with Gasteiger partial charge in [0.05, 0.1) is 12.5 Å². The molecule has 32 heavy (non-hydrogen) atoms. The van der Waals surface area contributed by atoms with Gasteiger partial charge in [-0.1, -0.05) is 25.1 Å². The van der Waals surface area contributed by atoms with Gasteiger partial charge in [-0.2, -0.15) is 0 Å². The van der Waals surface area contributed by atoms with E-state index >= 15 is 0 Å². The number of benzene rings is 1. The van der Waals surface area contributed by atoms with Crippen molar-refractivity contribution in [3.63, 3.8) is 0 Å². The first-order valence-electron chi connectivity index (χ1n) is 10.5. The van der Waals surface area contributed by atoms with E-state index in [1.54, 1.807) is 11.8 Å². The Hall–Kier alpha value is -3.62. The molecule has 9 nitrogen and oxygen atoms in total. The maximum Gasteiger partial charge on any atom is 0.342 e. The van der Waals surface area contributed by atoms with Crippen molar-refractivity contribution >= 4 is 35.3 Å². The number of carbonyl (C=O) groups is 4. The molecule has 0 spiro atoms. The molecule has 1 aliphatic rings. The Morgan fingerprint density at radius 1 is 1.22 bits per heavy atom. The van der Waals surface area contributed by atoms with E-state index < -0.39 is 23.7 Å². The Bertz CT molecular complexity index is 1090. The molecule has 3 rings (SSSR count). The van der Waals surface area contributed by atoms with Crippen LogP contribution >= 0.6 is 0 Å². The Balaban J connectivity index is 1.85. The highest BCUT2D eigenvalue weighted by atomic mass is 16.5. The van der Waals surface area contributed by atoms with Crippen LogP contribution in [-0.2, 0) is 20.7 Å². The number of amides is 3. The minimum absolute atomic E-state index is 0.0135. The van der Waals surface area contributed by atoms with Gasteiger partial charge < -0.3 is 19.8 Å². The number of hydrogen-bond acceptors (Lipinski definition) is 6. The van der Waals surface area contributed by atoms with Gasteiger partial charge in [0, 0.05) is 18.7 Å². The summed E-state index contributed by atoms with van der Waals surface area (Å²) in [6.07, 6.45) is 0.765. The van der Waals surface area contributed by atoms with Crippen LogP contribution < -0.4 is 16.0 Å². The van der Waals surface area contributed by atoms with Crippen LogP contribution in [0.1, 0.15) is 57.9 Å². The normalized spacial score (nSPS) is 15.7. The van der Waals surface area contributed by atoms with Crippen LogP contribution in [-0.4, -0.2) is 36.8 Å². The molecule has 0 radical (unpaired) electrons. The molecule has 1 aliphatic heterocycles. The maximum atomic E-state index is 12.9. The topological polar surface area (TPSA) is 132 Å². The third kappa shape index (κ3) is 4.23. The molecule has 2 aromatic rings. The second-order valence-electron chi connectivity index (χ2n) is 7.65. The SMILES string of the molecule is CCOC(=O)c1c(C)oc(NC(=O)C2CC(=O)N(c3c(C)cccc3CC)C2)c1C(N)=O. The zero-order valence-electron chi connectivity index (χ0n) is 18.6. The number of primary amides is 1. The summed E-state index contributed by atoms with van der Waals surface area (Å²) in [7, 11) is 0. The number of para-hydroxylation sites is 1. The van der Waals surface area contributed by atoms with Gasteiger partial charge >= 0.3 is 5.97 Å². The summed E-state index contributed by atoms with van der Waals surface area (Å²) >= 11 is 0. The lowest BCUT2D eigenvalue weighted by Crippen LogP contribution is -2.29. The van der Waals surface area contributed by atoms with Gasteiger partial charge in [0.2, 0.25) is 17.7 Å². The van der Waals surface area contributed by atoms with Crippen LogP contribution in [0.2, 0.25) is 0 Å². The highest BCUT2D eigenvalue weighted by Gasteiger charge is 2.38. The number of ether oxygens (including phenoxy) is 1. The minimum Gasteiger partial charge on any atom is -0.462 e. The van der Waals surface area contributed by atoms with Gasteiger partial charge in [-0.3, -0.25) is 19.7 Å². The minimum atomic E-state index is -0.933. The zero-order valence-corrected chi connectivity index (χ0v) is 18.6. The molecule has 2 heterocycles. The molecule has 0 bridgehead atoms. The maximum absolute atomic E-state index is 12.9. The molecule has 0 saturated carbocycles. The fourth-order valence-electron chi connectivity index (χ4n) is 4.02. The molecule has 1 saturated heterocycles. The molecule has 1 unspecified atom stereocenters. The summed E-state index contributed by atoms with van der Waals surface area (Å²) in [4.78, 5) is 51.6. The highest BCUT2D eigenvalue weighted by molar-refractivity contribution is 6.11. The number of nitrogens with zero attached hydrogens (tertiary/aromatic N) is 1. The van der Waals surface area contributed by atoms with Crippen molar-refractivity contribution in [2.45, 2.75) is 40.5 Å². The van der Waals surface area contributed by atoms with Gasteiger partial charge in [-0.05, 0) is 38.3 Å². The molecule has 170 valence electrons. The third-order valence-electron chi connectivity index (χ3n) is 5.51. The third-order valence-corrected chi connectivity index (χ3v) is 5.51. The van der Waals surface area contributed by atoms with E-state index in [0.717, 1.165) is 23.2 Å². The molecule has 9 heteroatoms. The van der Waals surface area contributed by atoms with E-state index in [1.165, 1.54) is 6.92 Å². The van der Waals surface area contributed by atoms with Crippen molar-refractivity contribution in [2.24, 2.45) is 11.7 Å². The van der Waals surface area contributed by atoms with Gasteiger partial charge in [0.25, 0.3) is 5.91 Å². The Kier molecular flexibility index (Phi) is 6.67. The highest BCUT2D eigenvalue weighted by Crippen LogP contribution is 2.33. The van der Waals surface area contributed by atoms with Gasteiger partial charge in [0.1, 0.15) is 16.9 Å². The van der Waals surface area contributed by atoms with Crippen LogP contribution in [0.5, 0.6) is 0 Å². The van der Waals surface area contributed by atoms with Crippen molar-refractivity contribution in [1.82, 2.24) is 0 Å². The number of furan rings is 1. The van der Waals surface area contributed by atoms with E-state index in [1.807, 2.05) is 32.0 Å². The summed E-state index contributed by atoms with van der Waals surface area (Å²) < 4.78 is 10.4. The fourth-order valence-corrected chi connectivity index (χ4v) is 4.02. The quantitative estimate of drug-likeness (QED) is 0.635.